The summed E-state index contributed by atoms with van der Waals surface area (Å²) in [6, 6.07) is 4.74. The number of aromatic nitrogens is 4. The number of oxazole rings is 1. The lowest BCUT2D eigenvalue weighted by Crippen LogP contribution is -2.20. The molecule has 0 aliphatic heterocycles. The van der Waals surface area contributed by atoms with Crippen LogP contribution in [0, 0.1) is 0 Å². The molecule has 0 atom stereocenters. The number of anilines is 2. The Morgan fingerprint density at radius 1 is 1.36 bits per heavy atom. The quantitative estimate of drug-likeness (QED) is 0.623. The number of amides is 2. The minimum absolute atomic E-state index is 0.162. The SMILES string of the molecule is CCOC(=O)Nc1cnn(CC(=O)Nc2ccc3oc(=O)[nH]c3c2)n1. The molecule has 2 amide bonds. The number of benzene rings is 1. The van der Waals surface area contributed by atoms with Gasteiger partial charge in [-0.25, -0.2) is 9.59 Å². The average molecular weight is 346 g/mol. The van der Waals surface area contributed by atoms with Crippen LogP contribution in [0.4, 0.5) is 16.3 Å². The number of carbonyl (C=O) groups excluding carboxylic acids is 2. The van der Waals surface area contributed by atoms with Crippen molar-refractivity contribution in [3.63, 3.8) is 0 Å². The second kappa shape index (κ2) is 6.86. The molecule has 0 saturated heterocycles. The normalized spacial score (nSPS) is 10.6. The van der Waals surface area contributed by atoms with Crippen LogP contribution >= 0.6 is 0 Å². The number of hydrogen-bond acceptors (Lipinski definition) is 7. The Hall–Kier alpha value is -3.63. The van der Waals surface area contributed by atoms with Gasteiger partial charge in [0.25, 0.3) is 0 Å². The van der Waals surface area contributed by atoms with Crippen LogP contribution in [-0.4, -0.2) is 38.6 Å². The fraction of sp³-hybridized carbons (Fsp3) is 0.214. The number of rotatable bonds is 5. The lowest BCUT2D eigenvalue weighted by Gasteiger charge is -2.04. The molecule has 0 saturated carbocycles. The highest BCUT2D eigenvalue weighted by Gasteiger charge is 2.10. The molecule has 0 aliphatic carbocycles. The Balaban J connectivity index is 1.60. The van der Waals surface area contributed by atoms with E-state index in [1.807, 2.05) is 0 Å². The van der Waals surface area contributed by atoms with Crippen LogP contribution in [0.1, 0.15) is 6.92 Å². The molecular weight excluding hydrogens is 332 g/mol. The molecule has 0 aliphatic rings. The molecule has 0 fully saturated rings. The number of ether oxygens (including phenoxy) is 1. The van der Waals surface area contributed by atoms with E-state index in [2.05, 4.69) is 25.8 Å². The summed E-state index contributed by atoms with van der Waals surface area (Å²) >= 11 is 0. The Morgan fingerprint density at radius 3 is 3.00 bits per heavy atom. The average Bonchev–Trinajstić information content (AvgIpc) is 3.12. The first kappa shape index (κ1) is 16.2. The van der Waals surface area contributed by atoms with Gasteiger partial charge in [0, 0.05) is 5.69 Å². The van der Waals surface area contributed by atoms with E-state index in [1.54, 1.807) is 25.1 Å². The van der Waals surface area contributed by atoms with Gasteiger partial charge < -0.3 is 14.5 Å². The third-order valence-corrected chi connectivity index (χ3v) is 3.03. The summed E-state index contributed by atoms with van der Waals surface area (Å²) in [6.45, 7) is 1.75. The number of hydrogen-bond donors (Lipinski definition) is 3. The Bertz CT molecular complexity index is 971. The highest BCUT2D eigenvalue weighted by Crippen LogP contribution is 2.16. The van der Waals surface area contributed by atoms with Crippen molar-refractivity contribution < 1.29 is 18.7 Å². The second-order valence-electron chi connectivity index (χ2n) is 4.88. The van der Waals surface area contributed by atoms with Gasteiger partial charge in [-0.15, -0.1) is 5.10 Å². The van der Waals surface area contributed by atoms with Gasteiger partial charge in [0.2, 0.25) is 5.91 Å². The number of carbonyl (C=O) groups is 2. The third kappa shape index (κ3) is 4.02. The zero-order valence-corrected chi connectivity index (χ0v) is 13.1. The Labute approximate surface area is 140 Å². The van der Waals surface area contributed by atoms with E-state index in [0.717, 1.165) is 4.80 Å². The van der Waals surface area contributed by atoms with Crippen molar-refractivity contribution in [3.05, 3.63) is 34.9 Å². The number of nitrogens with zero attached hydrogens (tertiary/aromatic N) is 3. The monoisotopic (exact) mass is 346 g/mol. The molecule has 11 heteroatoms. The van der Waals surface area contributed by atoms with Gasteiger partial charge in [-0.2, -0.15) is 9.90 Å². The van der Waals surface area contributed by atoms with Crippen LogP contribution in [0.2, 0.25) is 0 Å². The van der Waals surface area contributed by atoms with Crippen LogP contribution in [0.15, 0.2) is 33.6 Å². The number of fused-ring (bicyclic) bond motifs is 1. The molecule has 1 aromatic carbocycles. The summed E-state index contributed by atoms with van der Waals surface area (Å²) < 4.78 is 9.60. The zero-order valence-electron chi connectivity index (χ0n) is 13.1. The van der Waals surface area contributed by atoms with E-state index >= 15 is 0 Å². The molecule has 2 heterocycles. The fourth-order valence-electron chi connectivity index (χ4n) is 2.06. The first-order valence-electron chi connectivity index (χ1n) is 7.30. The molecule has 3 N–H and O–H groups in total. The summed E-state index contributed by atoms with van der Waals surface area (Å²) in [7, 11) is 0. The minimum Gasteiger partial charge on any atom is -0.450 e. The van der Waals surface area contributed by atoms with Crippen LogP contribution in [-0.2, 0) is 16.1 Å². The van der Waals surface area contributed by atoms with Gasteiger partial charge in [-0.05, 0) is 25.1 Å². The minimum atomic E-state index is -0.651. The highest BCUT2D eigenvalue weighted by molar-refractivity contribution is 5.92. The summed E-state index contributed by atoms with van der Waals surface area (Å²) in [5, 5.41) is 12.8. The summed E-state index contributed by atoms with van der Waals surface area (Å²) in [5.41, 5.74) is 1.35. The van der Waals surface area contributed by atoms with E-state index in [0.29, 0.717) is 16.8 Å². The van der Waals surface area contributed by atoms with Gasteiger partial charge in [-0.3, -0.25) is 15.1 Å². The topological polar surface area (TPSA) is 144 Å². The van der Waals surface area contributed by atoms with Crippen molar-refractivity contribution in [2.75, 3.05) is 17.2 Å². The first-order valence-corrected chi connectivity index (χ1v) is 7.30. The maximum absolute atomic E-state index is 12.0. The van der Waals surface area contributed by atoms with Gasteiger partial charge in [0.05, 0.1) is 18.3 Å². The molecule has 0 unspecified atom stereocenters. The van der Waals surface area contributed by atoms with Gasteiger partial charge >= 0.3 is 11.8 Å². The van der Waals surface area contributed by atoms with E-state index in [4.69, 9.17) is 9.15 Å². The van der Waals surface area contributed by atoms with Crippen molar-refractivity contribution in [2.24, 2.45) is 0 Å². The standard InChI is InChI=1S/C14H14N6O5/c1-2-24-13(22)18-11-6-15-20(19-11)7-12(21)16-8-3-4-10-9(5-8)17-14(23)25-10/h3-6H,2,7H2,1H3,(H,16,21)(H,17,23)(H,18,19,22). The predicted octanol–water partition coefficient (Wildman–Crippen LogP) is 0.920. The number of H-pyrrole nitrogens is 1. The maximum Gasteiger partial charge on any atom is 0.417 e. The van der Waals surface area contributed by atoms with E-state index in [9.17, 15) is 14.4 Å². The van der Waals surface area contributed by atoms with Crippen molar-refractivity contribution in [1.29, 1.82) is 0 Å². The zero-order chi connectivity index (χ0) is 17.8. The van der Waals surface area contributed by atoms with Crippen LogP contribution in [0.3, 0.4) is 0 Å². The first-order chi connectivity index (χ1) is 12.0. The van der Waals surface area contributed by atoms with Crippen molar-refractivity contribution in [2.45, 2.75) is 13.5 Å². The molecule has 25 heavy (non-hydrogen) atoms. The molecule has 11 nitrogen and oxygen atoms in total. The summed E-state index contributed by atoms with van der Waals surface area (Å²) in [4.78, 5) is 38.0. The lowest BCUT2D eigenvalue weighted by molar-refractivity contribution is -0.117. The fourth-order valence-corrected chi connectivity index (χ4v) is 2.06. The second-order valence-corrected chi connectivity index (χ2v) is 4.88. The molecule has 0 radical (unpaired) electrons. The van der Waals surface area contributed by atoms with E-state index in [1.165, 1.54) is 6.20 Å². The molecular formula is C14H14N6O5. The van der Waals surface area contributed by atoms with Gasteiger partial charge in [0.1, 0.15) is 6.54 Å². The molecule has 130 valence electrons. The van der Waals surface area contributed by atoms with Crippen molar-refractivity contribution in [3.8, 4) is 0 Å². The Kier molecular flexibility index (Phi) is 4.46. The molecule has 0 bridgehead atoms. The van der Waals surface area contributed by atoms with Crippen molar-refractivity contribution >= 4 is 34.6 Å². The van der Waals surface area contributed by atoms with Crippen LogP contribution in [0.25, 0.3) is 11.1 Å². The van der Waals surface area contributed by atoms with Crippen LogP contribution < -0.4 is 16.4 Å². The predicted molar refractivity (Wildman–Crippen MR) is 86.1 cm³/mol. The highest BCUT2D eigenvalue weighted by atomic mass is 16.5. The number of nitrogens with one attached hydrogen (secondary N) is 3. The molecule has 2 aromatic heterocycles. The molecule has 0 spiro atoms. The largest absolute Gasteiger partial charge is 0.450 e. The van der Waals surface area contributed by atoms with E-state index < -0.39 is 11.8 Å². The van der Waals surface area contributed by atoms with E-state index in [-0.39, 0.29) is 24.9 Å². The summed E-state index contributed by atoms with van der Waals surface area (Å²) in [6.07, 6.45) is 0.647. The molecule has 3 rings (SSSR count). The van der Waals surface area contributed by atoms with Crippen LogP contribution in [0.5, 0.6) is 0 Å². The smallest absolute Gasteiger partial charge is 0.417 e. The maximum atomic E-state index is 12.0. The molecule has 3 aromatic rings. The number of aromatic amines is 1. The lowest BCUT2D eigenvalue weighted by atomic mass is 10.3. The van der Waals surface area contributed by atoms with Gasteiger partial charge in [0.15, 0.2) is 11.4 Å². The van der Waals surface area contributed by atoms with Crippen molar-refractivity contribution in [1.82, 2.24) is 20.0 Å². The third-order valence-electron chi connectivity index (χ3n) is 3.03. The summed E-state index contributed by atoms with van der Waals surface area (Å²) in [5.74, 6) is -0.784. The van der Waals surface area contributed by atoms with Gasteiger partial charge in [-0.1, -0.05) is 0 Å². The Morgan fingerprint density at radius 2 is 2.20 bits per heavy atom.